The van der Waals surface area contributed by atoms with E-state index in [1.54, 1.807) is 37.3 Å². The van der Waals surface area contributed by atoms with Crippen LogP contribution in [0.15, 0.2) is 45.7 Å². The second kappa shape index (κ2) is 5.43. The zero-order chi connectivity index (χ0) is 13.9. The Morgan fingerprint density at radius 1 is 1.21 bits per heavy atom. The third-order valence-electron chi connectivity index (χ3n) is 2.56. The fourth-order valence-corrected chi connectivity index (χ4v) is 2.81. The molecule has 2 rings (SSSR count). The highest BCUT2D eigenvalue weighted by molar-refractivity contribution is 7.89. The first-order valence-electron chi connectivity index (χ1n) is 5.63. The van der Waals surface area contributed by atoms with Gasteiger partial charge >= 0.3 is 0 Å². The highest BCUT2D eigenvalue weighted by atomic mass is 32.2. The number of nitrogens with one attached hydrogen (secondary N) is 2. The molecular weight excluding hydrogens is 266 g/mol. The molecule has 0 aliphatic heterocycles. The normalized spacial score (nSPS) is 11.5. The van der Waals surface area contributed by atoms with Crippen LogP contribution in [0.1, 0.15) is 11.5 Å². The molecule has 6 nitrogen and oxygen atoms in total. The minimum atomic E-state index is -3.64. The van der Waals surface area contributed by atoms with Crippen molar-refractivity contribution in [1.29, 1.82) is 0 Å². The zero-order valence-corrected chi connectivity index (χ0v) is 11.2. The number of hydrogen-bond donors (Lipinski definition) is 3. The Morgan fingerprint density at radius 2 is 1.95 bits per heavy atom. The van der Waals surface area contributed by atoms with Gasteiger partial charge in [-0.05, 0) is 31.2 Å². The first-order valence-corrected chi connectivity index (χ1v) is 7.12. The number of rotatable bonds is 5. The molecule has 1 aromatic carbocycles. The molecule has 0 saturated heterocycles. The fourth-order valence-electron chi connectivity index (χ4n) is 1.64. The average Bonchev–Trinajstić information content (AvgIpc) is 2.82. The first kappa shape index (κ1) is 13.6. The van der Waals surface area contributed by atoms with Crippen molar-refractivity contribution in [3.63, 3.8) is 0 Å². The molecule has 1 heterocycles. The summed E-state index contributed by atoms with van der Waals surface area (Å²) in [7, 11) is -3.64. The van der Waals surface area contributed by atoms with E-state index in [2.05, 4.69) is 10.1 Å². The molecule has 0 atom stereocenters. The summed E-state index contributed by atoms with van der Waals surface area (Å²) in [5, 5.41) is 0. The first-order chi connectivity index (χ1) is 9.03. The predicted octanol–water partition coefficient (Wildman–Crippen LogP) is 1.35. The molecule has 102 valence electrons. The van der Waals surface area contributed by atoms with Crippen molar-refractivity contribution >= 4 is 15.7 Å². The van der Waals surface area contributed by atoms with Gasteiger partial charge in [-0.2, -0.15) is 0 Å². The summed E-state index contributed by atoms with van der Waals surface area (Å²) in [5.74, 6) is 6.59. The Hall–Kier alpha value is -1.83. The van der Waals surface area contributed by atoms with E-state index in [0.717, 1.165) is 5.76 Å². The molecule has 0 saturated carbocycles. The van der Waals surface area contributed by atoms with Crippen LogP contribution >= 0.6 is 0 Å². The number of nitrogen functional groups attached to an aromatic ring is 1. The van der Waals surface area contributed by atoms with E-state index in [1.807, 2.05) is 0 Å². The number of sulfonamides is 1. The maximum atomic E-state index is 12.1. The number of benzene rings is 1. The Balaban J connectivity index is 2.18. The largest absolute Gasteiger partial charge is 0.465 e. The molecule has 2 aromatic rings. The fraction of sp³-hybridized carbons (Fsp3) is 0.167. The molecule has 1 aromatic heterocycles. The topological polar surface area (TPSA) is 97.4 Å². The lowest BCUT2D eigenvalue weighted by Crippen LogP contribution is -2.24. The average molecular weight is 281 g/mol. The van der Waals surface area contributed by atoms with Crippen LogP contribution in [0.5, 0.6) is 0 Å². The van der Waals surface area contributed by atoms with Gasteiger partial charge in [0.25, 0.3) is 0 Å². The molecule has 0 amide bonds. The van der Waals surface area contributed by atoms with Crippen molar-refractivity contribution in [2.45, 2.75) is 18.4 Å². The maximum absolute atomic E-state index is 12.1. The summed E-state index contributed by atoms with van der Waals surface area (Å²) >= 11 is 0. The minimum absolute atomic E-state index is 0.0923. The van der Waals surface area contributed by atoms with E-state index in [9.17, 15) is 8.42 Å². The molecule has 7 heteroatoms. The summed E-state index contributed by atoms with van der Waals surface area (Å²) < 4.78 is 32.1. The van der Waals surface area contributed by atoms with Crippen LogP contribution in [0.3, 0.4) is 0 Å². The van der Waals surface area contributed by atoms with Crippen molar-refractivity contribution < 1.29 is 12.8 Å². The smallest absolute Gasteiger partial charge is 0.243 e. The van der Waals surface area contributed by atoms with E-state index in [0.29, 0.717) is 11.4 Å². The van der Waals surface area contributed by atoms with Crippen LogP contribution in [-0.2, 0) is 16.6 Å². The minimum Gasteiger partial charge on any atom is -0.465 e. The van der Waals surface area contributed by atoms with Gasteiger partial charge in [-0.3, -0.25) is 5.84 Å². The second-order valence-corrected chi connectivity index (χ2v) is 5.71. The van der Waals surface area contributed by atoms with Gasteiger partial charge in [0.2, 0.25) is 10.0 Å². The van der Waals surface area contributed by atoms with E-state index in [4.69, 9.17) is 10.3 Å². The van der Waals surface area contributed by atoms with E-state index >= 15 is 0 Å². The standard InChI is InChI=1S/C12H15N3O3S/c1-9-6-7-10(18-9)8-14-19(16,17)12-5-3-2-4-11(12)15-13/h2-7,14-15H,8,13H2,1H3. The van der Waals surface area contributed by atoms with E-state index < -0.39 is 10.0 Å². The van der Waals surface area contributed by atoms with Gasteiger partial charge < -0.3 is 9.84 Å². The molecular formula is C12H15N3O3S. The lowest BCUT2D eigenvalue weighted by molar-refractivity contribution is 0.475. The van der Waals surface area contributed by atoms with Gasteiger partial charge in [0.05, 0.1) is 12.2 Å². The van der Waals surface area contributed by atoms with Crippen LogP contribution in [-0.4, -0.2) is 8.42 Å². The Labute approximate surface area is 111 Å². The third-order valence-corrected chi connectivity index (χ3v) is 4.02. The predicted molar refractivity (Wildman–Crippen MR) is 71.7 cm³/mol. The number of hydrogen-bond acceptors (Lipinski definition) is 5. The van der Waals surface area contributed by atoms with E-state index in [-0.39, 0.29) is 11.4 Å². The van der Waals surface area contributed by atoms with Crippen molar-refractivity contribution in [3.05, 3.63) is 47.9 Å². The van der Waals surface area contributed by atoms with Gasteiger partial charge in [-0.25, -0.2) is 13.1 Å². The Morgan fingerprint density at radius 3 is 2.58 bits per heavy atom. The number of hydrazine groups is 1. The Bertz CT molecular complexity index is 664. The molecule has 0 aliphatic carbocycles. The SMILES string of the molecule is Cc1ccc(CNS(=O)(=O)c2ccccc2NN)o1. The number of para-hydroxylation sites is 1. The number of nitrogens with two attached hydrogens (primary N) is 1. The Kier molecular flexibility index (Phi) is 3.89. The van der Waals surface area contributed by atoms with Gasteiger partial charge in [-0.1, -0.05) is 12.1 Å². The molecule has 0 fully saturated rings. The lowest BCUT2D eigenvalue weighted by Gasteiger charge is -2.09. The highest BCUT2D eigenvalue weighted by Crippen LogP contribution is 2.19. The van der Waals surface area contributed by atoms with Crippen LogP contribution in [0, 0.1) is 6.92 Å². The van der Waals surface area contributed by atoms with Crippen molar-refractivity contribution in [3.8, 4) is 0 Å². The highest BCUT2D eigenvalue weighted by Gasteiger charge is 2.17. The van der Waals surface area contributed by atoms with Crippen LogP contribution in [0.25, 0.3) is 0 Å². The number of anilines is 1. The summed E-state index contributed by atoms with van der Waals surface area (Å²) in [4.78, 5) is 0.0979. The van der Waals surface area contributed by atoms with Crippen LogP contribution in [0.4, 0.5) is 5.69 Å². The lowest BCUT2D eigenvalue weighted by atomic mass is 10.3. The van der Waals surface area contributed by atoms with Crippen LogP contribution < -0.4 is 16.0 Å². The summed E-state index contributed by atoms with van der Waals surface area (Å²) in [6.45, 7) is 1.89. The molecule has 19 heavy (non-hydrogen) atoms. The zero-order valence-electron chi connectivity index (χ0n) is 10.4. The van der Waals surface area contributed by atoms with Gasteiger partial charge in [0, 0.05) is 0 Å². The maximum Gasteiger partial charge on any atom is 0.243 e. The van der Waals surface area contributed by atoms with Crippen molar-refractivity contribution in [2.75, 3.05) is 5.43 Å². The van der Waals surface area contributed by atoms with Gasteiger partial charge in [0.15, 0.2) is 0 Å². The molecule has 0 radical (unpaired) electrons. The monoisotopic (exact) mass is 281 g/mol. The van der Waals surface area contributed by atoms with Gasteiger partial charge in [-0.15, -0.1) is 0 Å². The van der Waals surface area contributed by atoms with Gasteiger partial charge in [0.1, 0.15) is 16.4 Å². The molecule has 0 spiro atoms. The molecule has 0 bridgehead atoms. The summed E-state index contributed by atoms with van der Waals surface area (Å²) in [6.07, 6.45) is 0. The number of aryl methyl sites for hydroxylation is 1. The molecule has 0 aliphatic rings. The van der Waals surface area contributed by atoms with Crippen molar-refractivity contribution in [2.24, 2.45) is 5.84 Å². The molecule has 4 N–H and O–H groups in total. The third kappa shape index (κ3) is 3.14. The summed E-state index contributed by atoms with van der Waals surface area (Å²) in [5.41, 5.74) is 2.70. The number of furan rings is 1. The summed E-state index contributed by atoms with van der Waals surface area (Å²) in [6, 6.07) is 9.90. The van der Waals surface area contributed by atoms with Crippen LogP contribution in [0.2, 0.25) is 0 Å². The van der Waals surface area contributed by atoms with E-state index in [1.165, 1.54) is 6.07 Å². The quantitative estimate of drug-likeness (QED) is 0.568. The molecule has 0 unspecified atom stereocenters. The second-order valence-electron chi connectivity index (χ2n) is 3.98. The van der Waals surface area contributed by atoms with Crippen molar-refractivity contribution in [1.82, 2.24) is 4.72 Å².